The van der Waals surface area contributed by atoms with E-state index in [0.717, 1.165) is 18.2 Å². The summed E-state index contributed by atoms with van der Waals surface area (Å²) < 4.78 is 13.7. The molecule has 0 fully saturated rings. The van der Waals surface area contributed by atoms with Gasteiger partial charge in [-0.15, -0.1) is 11.3 Å². The minimum Gasteiger partial charge on any atom is -0.478 e. The van der Waals surface area contributed by atoms with Crippen LogP contribution < -0.4 is 10.6 Å². The molecule has 0 unspecified atom stereocenters. The van der Waals surface area contributed by atoms with Crippen LogP contribution in [-0.2, 0) is 16.0 Å². The monoisotopic (exact) mass is 365 g/mol. The van der Waals surface area contributed by atoms with Gasteiger partial charge in [-0.25, -0.2) is 14.2 Å². The SMILES string of the molecule is CC(C)C(=O)Nc1nc(CC(=O)Nc2cc(C(=O)O)ccc2F)cs1. The fraction of sp³-hybridized carbons (Fsp3) is 0.250. The summed E-state index contributed by atoms with van der Waals surface area (Å²) in [7, 11) is 0. The first-order chi connectivity index (χ1) is 11.8. The summed E-state index contributed by atoms with van der Waals surface area (Å²) in [6, 6.07) is 3.13. The van der Waals surface area contributed by atoms with Crippen molar-refractivity contribution in [3.63, 3.8) is 0 Å². The lowest BCUT2D eigenvalue weighted by atomic mass is 10.2. The van der Waals surface area contributed by atoms with Crippen LogP contribution in [0.15, 0.2) is 23.6 Å². The van der Waals surface area contributed by atoms with Crippen LogP contribution in [-0.4, -0.2) is 27.9 Å². The molecule has 132 valence electrons. The summed E-state index contributed by atoms with van der Waals surface area (Å²) in [5.74, 6) is -2.88. The van der Waals surface area contributed by atoms with Gasteiger partial charge in [0.15, 0.2) is 5.13 Å². The smallest absolute Gasteiger partial charge is 0.335 e. The summed E-state index contributed by atoms with van der Waals surface area (Å²) >= 11 is 1.18. The summed E-state index contributed by atoms with van der Waals surface area (Å²) in [5.41, 5.74) is 0.0638. The predicted octanol–water partition coefficient (Wildman–Crippen LogP) is 2.76. The van der Waals surface area contributed by atoms with Gasteiger partial charge < -0.3 is 15.7 Å². The first-order valence-electron chi connectivity index (χ1n) is 7.34. The highest BCUT2D eigenvalue weighted by Gasteiger charge is 2.14. The van der Waals surface area contributed by atoms with Gasteiger partial charge in [0.25, 0.3) is 0 Å². The normalized spacial score (nSPS) is 10.6. The molecule has 0 aliphatic rings. The summed E-state index contributed by atoms with van der Waals surface area (Å²) in [6.45, 7) is 3.49. The number of anilines is 2. The number of carbonyl (C=O) groups is 3. The van der Waals surface area contributed by atoms with Crippen LogP contribution in [0.2, 0.25) is 0 Å². The molecule has 9 heteroatoms. The largest absolute Gasteiger partial charge is 0.478 e. The van der Waals surface area contributed by atoms with Gasteiger partial charge in [0.05, 0.1) is 23.4 Å². The first-order valence-corrected chi connectivity index (χ1v) is 8.22. The average Bonchev–Trinajstić information content (AvgIpc) is 2.95. The molecule has 2 amide bonds. The van der Waals surface area contributed by atoms with Crippen LogP contribution in [0, 0.1) is 11.7 Å². The Balaban J connectivity index is 2.01. The van der Waals surface area contributed by atoms with Gasteiger partial charge >= 0.3 is 5.97 Å². The van der Waals surface area contributed by atoms with Crippen molar-refractivity contribution in [3.05, 3.63) is 40.7 Å². The molecular formula is C16H16FN3O4S. The van der Waals surface area contributed by atoms with Gasteiger partial charge in [-0.3, -0.25) is 9.59 Å². The second-order valence-corrected chi connectivity index (χ2v) is 6.37. The zero-order valence-corrected chi connectivity index (χ0v) is 14.3. The fourth-order valence-electron chi connectivity index (χ4n) is 1.81. The van der Waals surface area contributed by atoms with Gasteiger partial charge in [-0.05, 0) is 18.2 Å². The van der Waals surface area contributed by atoms with E-state index in [4.69, 9.17) is 5.11 Å². The van der Waals surface area contributed by atoms with Crippen LogP contribution in [0.3, 0.4) is 0 Å². The van der Waals surface area contributed by atoms with Crippen LogP contribution in [0.5, 0.6) is 0 Å². The fourth-order valence-corrected chi connectivity index (χ4v) is 2.52. The van der Waals surface area contributed by atoms with Crippen molar-refractivity contribution in [3.8, 4) is 0 Å². The van der Waals surface area contributed by atoms with Gasteiger partial charge in [0.2, 0.25) is 11.8 Å². The van der Waals surface area contributed by atoms with Crippen LogP contribution in [0.25, 0.3) is 0 Å². The van der Waals surface area contributed by atoms with Crippen molar-refractivity contribution in [1.82, 2.24) is 4.98 Å². The van der Waals surface area contributed by atoms with E-state index in [-0.39, 0.29) is 29.5 Å². The Morgan fingerprint density at radius 3 is 2.64 bits per heavy atom. The minimum atomic E-state index is -1.22. The number of nitrogens with zero attached hydrogens (tertiary/aromatic N) is 1. The van der Waals surface area contributed by atoms with Gasteiger partial charge in [0, 0.05) is 11.3 Å². The molecular weight excluding hydrogens is 349 g/mol. The maximum absolute atomic E-state index is 13.7. The molecule has 0 saturated heterocycles. The highest BCUT2D eigenvalue weighted by molar-refractivity contribution is 7.13. The Hall–Kier alpha value is -2.81. The Bertz CT molecular complexity index is 819. The predicted molar refractivity (Wildman–Crippen MR) is 91.3 cm³/mol. The molecule has 1 aromatic carbocycles. The number of carbonyl (C=O) groups excluding carboxylic acids is 2. The second kappa shape index (κ2) is 7.84. The van der Waals surface area contributed by atoms with Crippen LogP contribution in [0.1, 0.15) is 29.9 Å². The molecule has 0 aliphatic carbocycles. The zero-order valence-electron chi connectivity index (χ0n) is 13.5. The number of hydrogen-bond acceptors (Lipinski definition) is 5. The number of hydrogen-bond donors (Lipinski definition) is 3. The number of carboxylic acid groups (broad SMARTS) is 1. The van der Waals surface area contributed by atoms with Crippen LogP contribution >= 0.6 is 11.3 Å². The molecule has 3 N–H and O–H groups in total. The van der Waals surface area contributed by atoms with Crippen molar-refractivity contribution < 1.29 is 23.9 Å². The molecule has 2 aromatic rings. The second-order valence-electron chi connectivity index (χ2n) is 5.51. The zero-order chi connectivity index (χ0) is 18.6. The molecule has 0 bridgehead atoms. The number of aromatic nitrogens is 1. The topological polar surface area (TPSA) is 108 Å². The third kappa shape index (κ3) is 5.08. The summed E-state index contributed by atoms with van der Waals surface area (Å²) in [5, 5.41) is 15.8. The molecule has 0 aliphatic heterocycles. The summed E-state index contributed by atoms with van der Waals surface area (Å²) in [4.78, 5) is 38.6. The highest BCUT2D eigenvalue weighted by Crippen LogP contribution is 2.19. The lowest BCUT2D eigenvalue weighted by molar-refractivity contribution is -0.119. The number of thiazole rings is 1. The quantitative estimate of drug-likeness (QED) is 0.729. The molecule has 1 aromatic heterocycles. The van der Waals surface area contributed by atoms with E-state index >= 15 is 0 Å². The molecule has 1 heterocycles. The number of carboxylic acids is 1. The molecule has 0 radical (unpaired) electrons. The number of nitrogens with one attached hydrogen (secondary N) is 2. The first kappa shape index (κ1) is 18.5. The number of halogens is 1. The van der Waals surface area contributed by atoms with E-state index in [2.05, 4.69) is 15.6 Å². The number of benzene rings is 1. The van der Waals surface area contributed by atoms with E-state index in [1.165, 1.54) is 11.3 Å². The lowest BCUT2D eigenvalue weighted by Gasteiger charge is -2.06. The highest BCUT2D eigenvalue weighted by atomic mass is 32.1. The number of aromatic carboxylic acids is 1. The number of amides is 2. The van der Waals surface area contributed by atoms with Crippen molar-refractivity contribution in [1.29, 1.82) is 0 Å². The van der Waals surface area contributed by atoms with E-state index in [1.807, 2.05) is 0 Å². The van der Waals surface area contributed by atoms with Crippen LogP contribution in [0.4, 0.5) is 15.2 Å². The number of rotatable bonds is 6. The minimum absolute atomic E-state index is 0.134. The van der Waals surface area contributed by atoms with E-state index < -0.39 is 17.7 Å². The standard InChI is InChI=1S/C16H16FN3O4S/c1-8(2)14(22)20-16-18-10(7-25-16)6-13(21)19-12-5-9(15(23)24)3-4-11(12)17/h3-5,7-8H,6H2,1-2H3,(H,19,21)(H,23,24)(H,18,20,22). The molecule has 7 nitrogen and oxygen atoms in total. The maximum atomic E-state index is 13.7. The Morgan fingerprint density at radius 1 is 1.28 bits per heavy atom. The molecule has 0 atom stereocenters. The molecule has 2 rings (SSSR count). The van der Waals surface area contributed by atoms with Gasteiger partial charge in [-0.2, -0.15) is 0 Å². The van der Waals surface area contributed by atoms with Crippen molar-refractivity contribution in [2.75, 3.05) is 10.6 Å². The van der Waals surface area contributed by atoms with Gasteiger partial charge in [0.1, 0.15) is 5.82 Å². The Kier molecular flexibility index (Phi) is 5.81. The van der Waals surface area contributed by atoms with E-state index in [0.29, 0.717) is 10.8 Å². The maximum Gasteiger partial charge on any atom is 0.335 e. The molecule has 0 spiro atoms. The van der Waals surface area contributed by atoms with E-state index in [1.54, 1.807) is 19.2 Å². The Labute approximate surface area is 146 Å². The Morgan fingerprint density at radius 2 is 2.00 bits per heavy atom. The van der Waals surface area contributed by atoms with Gasteiger partial charge in [-0.1, -0.05) is 13.8 Å². The van der Waals surface area contributed by atoms with Crippen molar-refractivity contribution >= 4 is 39.9 Å². The molecule has 0 saturated carbocycles. The summed E-state index contributed by atoms with van der Waals surface area (Å²) in [6.07, 6.45) is -0.134. The van der Waals surface area contributed by atoms with Crippen molar-refractivity contribution in [2.24, 2.45) is 5.92 Å². The lowest BCUT2D eigenvalue weighted by Crippen LogP contribution is -2.18. The third-order valence-electron chi connectivity index (χ3n) is 3.14. The van der Waals surface area contributed by atoms with E-state index in [9.17, 15) is 18.8 Å². The third-order valence-corrected chi connectivity index (χ3v) is 3.94. The molecule has 25 heavy (non-hydrogen) atoms. The van der Waals surface area contributed by atoms with Crippen molar-refractivity contribution in [2.45, 2.75) is 20.3 Å². The average molecular weight is 365 g/mol.